The molecule has 0 spiro atoms. The van der Waals surface area contributed by atoms with Gasteiger partial charge in [0.05, 0.1) is 12.2 Å². The Kier molecular flexibility index (Phi) is 6.53. The molecule has 0 saturated carbocycles. The molecule has 0 saturated heterocycles. The van der Waals surface area contributed by atoms with Gasteiger partial charge in [0, 0.05) is 4.47 Å². The van der Waals surface area contributed by atoms with E-state index in [0.29, 0.717) is 29.0 Å². The van der Waals surface area contributed by atoms with Gasteiger partial charge >= 0.3 is 0 Å². The third kappa shape index (κ3) is 5.28. The van der Waals surface area contributed by atoms with Gasteiger partial charge in [0.2, 0.25) is 5.13 Å². The Labute approximate surface area is 148 Å². The van der Waals surface area contributed by atoms with E-state index in [1.165, 1.54) is 11.3 Å². The lowest BCUT2D eigenvalue weighted by Gasteiger charge is -2.12. The zero-order valence-corrected chi connectivity index (χ0v) is 15.8. The van der Waals surface area contributed by atoms with Gasteiger partial charge in [0.25, 0.3) is 5.91 Å². The summed E-state index contributed by atoms with van der Waals surface area (Å²) < 4.78 is 6.60. The fourth-order valence-electron chi connectivity index (χ4n) is 1.82. The molecular formula is C16H20BrN3O2S. The number of benzene rings is 1. The topological polar surface area (TPSA) is 64.1 Å². The van der Waals surface area contributed by atoms with Crippen LogP contribution in [-0.2, 0) is 6.42 Å². The molecule has 0 atom stereocenters. The normalized spacial score (nSPS) is 10.8. The number of rotatable bonds is 7. The first kappa shape index (κ1) is 17.9. The van der Waals surface area contributed by atoms with Crippen LogP contribution in [0.2, 0.25) is 0 Å². The zero-order chi connectivity index (χ0) is 16.8. The number of aromatic nitrogens is 2. The number of hydrogen-bond acceptors (Lipinski definition) is 5. The molecule has 2 aromatic rings. The van der Waals surface area contributed by atoms with Crippen molar-refractivity contribution in [3.8, 4) is 5.75 Å². The molecule has 1 amide bonds. The quantitative estimate of drug-likeness (QED) is 0.744. The van der Waals surface area contributed by atoms with Crippen LogP contribution in [0, 0.1) is 5.92 Å². The minimum atomic E-state index is -0.246. The summed E-state index contributed by atoms with van der Waals surface area (Å²) in [4.78, 5) is 12.5. The second kappa shape index (κ2) is 8.40. The Morgan fingerprint density at radius 2 is 2.17 bits per heavy atom. The summed E-state index contributed by atoms with van der Waals surface area (Å²) >= 11 is 4.78. The van der Waals surface area contributed by atoms with Crippen LogP contribution in [0.5, 0.6) is 5.75 Å². The molecule has 1 aromatic heterocycles. The smallest absolute Gasteiger partial charge is 0.261 e. The molecule has 0 aliphatic rings. The van der Waals surface area contributed by atoms with E-state index in [-0.39, 0.29) is 5.91 Å². The van der Waals surface area contributed by atoms with Gasteiger partial charge in [-0.15, -0.1) is 10.2 Å². The highest BCUT2D eigenvalue weighted by molar-refractivity contribution is 9.10. The predicted molar refractivity (Wildman–Crippen MR) is 96.3 cm³/mol. The molecule has 0 aliphatic carbocycles. The fraction of sp³-hybridized carbons (Fsp3) is 0.438. The van der Waals surface area contributed by atoms with Gasteiger partial charge in [0.15, 0.2) is 0 Å². The minimum Gasteiger partial charge on any atom is -0.493 e. The van der Waals surface area contributed by atoms with Crippen molar-refractivity contribution in [2.24, 2.45) is 5.92 Å². The number of hydrogen-bond donors (Lipinski definition) is 1. The van der Waals surface area contributed by atoms with Gasteiger partial charge in [-0.2, -0.15) is 0 Å². The number of aryl methyl sites for hydroxylation is 1. The van der Waals surface area contributed by atoms with Crippen molar-refractivity contribution in [3.63, 3.8) is 0 Å². The number of nitrogens with one attached hydrogen (secondary N) is 1. The van der Waals surface area contributed by atoms with E-state index in [9.17, 15) is 4.79 Å². The predicted octanol–water partition coefficient (Wildman–Crippen LogP) is 4.54. The largest absolute Gasteiger partial charge is 0.493 e. The van der Waals surface area contributed by atoms with Gasteiger partial charge in [-0.3, -0.25) is 10.1 Å². The molecule has 1 N–H and O–H groups in total. The van der Waals surface area contributed by atoms with Crippen LogP contribution < -0.4 is 10.1 Å². The van der Waals surface area contributed by atoms with Crippen LogP contribution >= 0.6 is 27.3 Å². The third-order valence-electron chi connectivity index (χ3n) is 3.13. The van der Waals surface area contributed by atoms with Crippen molar-refractivity contribution in [2.75, 3.05) is 11.9 Å². The highest BCUT2D eigenvalue weighted by atomic mass is 79.9. The van der Waals surface area contributed by atoms with Crippen molar-refractivity contribution < 1.29 is 9.53 Å². The molecular weight excluding hydrogens is 378 g/mol. The van der Waals surface area contributed by atoms with Gasteiger partial charge in [-0.25, -0.2) is 0 Å². The van der Waals surface area contributed by atoms with E-state index in [0.717, 1.165) is 22.3 Å². The minimum absolute atomic E-state index is 0.246. The molecule has 2 rings (SSSR count). The summed E-state index contributed by atoms with van der Waals surface area (Å²) in [5.41, 5.74) is 0.483. The molecule has 23 heavy (non-hydrogen) atoms. The molecule has 0 aliphatic heterocycles. The Morgan fingerprint density at radius 1 is 1.39 bits per heavy atom. The summed E-state index contributed by atoms with van der Waals surface area (Å²) in [6, 6.07) is 5.42. The van der Waals surface area contributed by atoms with Crippen molar-refractivity contribution in [3.05, 3.63) is 33.2 Å². The van der Waals surface area contributed by atoms with E-state index in [1.807, 2.05) is 13.0 Å². The van der Waals surface area contributed by atoms with Gasteiger partial charge < -0.3 is 4.74 Å². The summed E-state index contributed by atoms with van der Waals surface area (Å²) in [6.07, 6.45) is 1.74. The lowest BCUT2D eigenvalue weighted by molar-refractivity contribution is 0.102. The van der Waals surface area contributed by atoms with E-state index < -0.39 is 0 Å². The number of halogens is 1. The maximum Gasteiger partial charge on any atom is 0.261 e. The number of carbonyl (C=O) groups is 1. The highest BCUT2D eigenvalue weighted by Crippen LogP contribution is 2.25. The number of anilines is 1. The first-order valence-corrected chi connectivity index (χ1v) is 9.16. The molecule has 1 heterocycles. The molecule has 124 valence electrons. The summed E-state index contributed by atoms with van der Waals surface area (Å²) in [5.74, 6) is 0.882. The summed E-state index contributed by atoms with van der Waals surface area (Å²) in [5, 5.41) is 12.2. The van der Waals surface area contributed by atoms with E-state index in [2.05, 4.69) is 45.3 Å². The molecule has 0 bridgehead atoms. The van der Waals surface area contributed by atoms with Gasteiger partial charge in [0.1, 0.15) is 10.8 Å². The third-order valence-corrected chi connectivity index (χ3v) is 4.61. The summed E-state index contributed by atoms with van der Waals surface area (Å²) in [6.45, 7) is 6.86. The molecule has 5 nitrogen and oxygen atoms in total. The first-order valence-electron chi connectivity index (χ1n) is 7.55. The van der Waals surface area contributed by atoms with Crippen LogP contribution in [0.1, 0.15) is 42.6 Å². The van der Waals surface area contributed by atoms with Crippen LogP contribution in [-0.4, -0.2) is 22.7 Å². The Hall–Kier alpha value is -1.47. The average Bonchev–Trinajstić information content (AvgIpc) is 2.96. The van der Waals surface area contributed by atoms with Crippen molar-refractivity contribution in [2.45, 2.75) is 33.6 Å². The summed E-state index contributed by atoms with van der Waals surface area (Å²) in [7, 11) is 0. The monoisotopic (exact) mass is 397 g/mol. The Bertz CT molecular complexity index is 673. The highest BCUT2D eigenvalue weighted by Gasteiger charge is 2.15. The van der Waals surface area contributed by atoms with Gasteiger partial charge in [-0.1, -0.05) is 48.0 Å². The van der Waals surface area contributed by atoms with Gasteiger partial charge in [-0.05, 0) is 37.0 Å². The second-order valence-corrected chi connectivity index (χ2v) is 7.46. The lowest BCUT2D eigenvalue weighted by Crippen LogP contribution is -2.14. The SMILES string of the molecule is CCc1nnc(NC(=O)c2cc(Br)ccc2OCCC(C)C)s1. The number of nitrogens with zero attached hydrogens (tertiary/aromatic N) is 2. The van der Waals surface area contributed by atoms with Crippen LogP contribution in [0.15, 0.2) is 22.7 Å². The second-order valence-electron chi connectivity index (χ2n) is 5.48. The van der Waals surface area contributed by atoms with E-state index in [1.54, 1.807) is 12.1 Å². The Morgan fingerprint density at radius 3 is 2.83 bits per heavy atom. The molecule has 0 unspecified atom stereocenters. The van der Waals surface area contributed by atoms with Crippen molar-refractivity contribution in [1.29, 1.82) is 0 Å². The average molecular weight is 398 g/mol. The standard InChI is InChI=1S/C16H20BrN3O2S/c1-4-14-19-20-16(23-14)18-15(21)12-9-11(17)5-6-13(12)22-8-7-10(2)3/h5-6,9-10H,4,7-8H2,1-3H3,(H,18,20,21). The molecule has 7 heteroatoms. The maximum absolute atomic E-state index is 12.5. The van der Waals surface area contributed by atoms with Crippen LogP contribution in [0.3, 0.4) is 0 Å². The van der Waals surface area contributed by atoms with Crippen molar-refractivity contribution >= 4 is 38.3 Å². The first-order chi connectivity index (χ1) is 11.0. The number of amides is 1. The molecule has 0 fully saturated rings. The molecule has 0 radical (unpaired) electrons. The number of ether oxygens (including phenoxy) is 1. The lowest BCUT2D eigenvalue weighted by atomic mass is 10.1. The Balaban J connectivity index is 2.12. The maximum atomic E-state index is 12.5. The van der Waals surface area contributed by atoms with E-state index >= 15 is 0 Å². The van der Waals surface area contributed by atoms with Crippen LogP contribution in [0.4, 0.5) is 5.13 Å². The van der Waals surface area contributed by atoms with E-state index in [4.69, 9.17) is 4.74 Å². The molecule has 1 aromatic carbocycles. The number of carbonyl (C=O) groups excluding carboxylic acids is 1. The zero-order valence-electron chi connectivity index (χ0n) is 13.4. The fourth-order valence-corrected chi connectivity index (χ4v) is 2.86. The van der Waals surface area contributed by atoms with Crippen molar-refractivity contribution in [1.82, 2.24) is 10.2 Å². The van der Waals surface area contributed by atoms with Crippen LogP contribution in [0.25, 0.3) is 0 Å².